The average molecular weight is 286 g/mol. The highest BCUT2D eigenvalue weighted by molar-refractivity contribution is 5.91. The summed E-state index contributed by atoms with van der Waals surface area (Å²) in [5.41, 5.74) is -1.62. The minimum absolute atomic E-state index is 0.0135. The first-order valence-electron chi connectivity index (χ1n) is 5.38. The number of aryl methyl sites for hydroxylation is 1. The van der Waals surface area contributed by atoms with Crippen LogP contribution in [0.2, 0.25) is 0 Å². The van der Waals surface area contributed by atoms with Gasteiger partial charge in [-0.05, 0) is 12.1 Å². The standard InChI is InChI=1S/C12H9F3N2O3/c1-17-9(11(19)20)10(18)8(16-17)6-3-2-4-7(5-6)12(13,14)15/h2-5,18H,1H3,(H,19,20). The number of hydrogen-bond acceptors (Lipinski definition) is 3. The highest BCUT2D eigenvalue weighted by Gasteiger charge is 2.31. The predicted molar refractivity (Wildman–Crippen MR) is 62.3 cm³/mol. The summed E-state index contributed by atoms with van der Waals surface area (Å²) in [6.07, 6.45) is -4.53. The molecule has 0 saturated carbocycles. The molecule has 0 aliphatic carbocycles. The lowest BCUT2D eigenvalue weighted by molar-refractivity contribution is -0.137. The van der Waals surface area contributed by atoms with E-state index in [2.05, 4.69) is 5.10 Å². The van der Waals surface area contributed by atoms with E-state index in [-0.39, 0.29) is 11.3 Å². The normalized spacial score (nSPS) is 11.6. The predicted octanol–water partition coefficient (Wildman–Crippen LogP) is 2.51. The lowest BCUT2D eigenvalue weighted by Gasteiger charge is -2.07. The minimum Gasteiger partial charge on any atom is -0.504 e. The number of nitrogens with zero attached hydrogens (tertiary/aromatic N) is 2. The summed E-state index contributed by atoms with van der Waals surface area (Å²) in [4.78, 5) is 10.9. The van der Waals surface area contributed by atoms with Crippen LogP contribution in [0.3, 0.4) is 0 Å². The maximum absolute atomic E-state index is 12.6. The number of hydrogen-bond donors (Lipinski definition) is 2. The minimum atomic E-state index is -4.53. The molecule has 0 spiro atoms. The van der Waals surface area contributed by atoms with Gasteiger partial charge in [-0.1, -0.05) is 12.1 Å². The molecule has 20 heavy (non-hydrogen) atoms. The third-order valence-corrected chi connectivity index (χ3v) is 2.69. The second-order valence-electron chi connectivity index (χ2n) is 4.05. The van der Waals surface area contributed by atoms with Crippen molar-refractivity contribution in [1.82, 2.24) is 9.78 Å². The van der Waals surface area contributed by atoms with E-state index in [1.54, 1.807) is 0 Å². The topological polar surface area (TPSA) is 75.3 Å². The summed E-state index contributed by atoms with van der Waals surface area (Å²) in [5, 5.41) is 22.4. The Balaban J connectivity index is 2.58. The molecule has 0 saturated heterocycles. The summed E-state index contributed by atoms with van der Waals surface area (Å²) in [6, 6.07) is 4.14. The third-order valence-electron chi connectivity index (χ3n) is 2.69. The van der Waals surface area contributed by atoms with E-state index in [1.165, 1.54) is 13.1 Å². The van der Waals surface area contributed by atoms with Crippen LogP contribution < -0.4 is 0 Å². The molecule has 0 aliphatic heterocycles. The van der Waals surface area contributed by atoms with Gasteiger partial charge in [0, 0.05) is 12.6 Å². The summed E-state index contributed by atoms with van der Waals surface area (Å²) in [5.74, 6) is -2.09. The number of aromatic carboxylic acids is 1. The van der Waals surface area contributed by atoms with Crippen LogP contribution in [-0.2, 0) is 13.2 Å². The van der Waals surface area contributed by atoms with E-state index in [9.17, 15) is 23.1 Å². The van der Waals surface area contributed by atoms with Crippen LogP contribution in [-0.4, -0.2) is 26.0 Å². The molecule has 0 amide bonds. The number of carbonyl (C=O) groups is 1. The quantitative estimate of drug-likeness (QED) is 0.889. The monoisotopic (exact) mass is 286 g/mol. The van der Waals surface area contributed by atoms with Gasteiger partial charge >= 0.3 is 12.1 Å². The van der Waals surface area contributed by atoms with E-state index in [1.807, 2.05) is 0 Å². The van der Waals surface area contributed by atoms with Crippen molar-refractivity contribution in [3.63, 3.8) is 0 Å². The molecule has 2 aromatic rings. The van der Waals surface area contributed by atoms with Crippen LogP contribution in [0.25, 0.3) is 11.3 Å². The first kappa shape index (κ1) is 13.9. The van der Waals surface area contributed by atoms with Crippen molar-refractivity contribution in [3.8, 4) is 17.0 Å². The lowest BCUT2D eigenvalue weighted by Crippen LogP contribution is -2.05. The number of aromatic nitrogens is 2. The average Bonchev–Trinajstić information content (AvgIpc) is 2.64. The van der Waals surface area contributed by atoms with Crippen molar-refractivity contribution < 1.29 is 28.2 Å². The molecular weight excluding hydrogens is 277 g/mol. The Bertz CT molecular complexity index is 677. The zero-order valence-corrected chi connectivity index (χ0v) is 10.1. The van der Waals surface area contributed by atoms with Gasteiger partial charge in [0.15, 0.2) is 11.4 Å². The molecule has 0 radical (unpaired) electrons. The van der Waals surface area contributed by atoms with Crippen molar-refractivity contribution in [3.05, 3.63) is 35.5 Å². The van der Waals surface area contributed by atoms with E-state index < -0.39 is 29.2 Å². The zero-order valence-electron chi connectivity index (χ0n) is 10.1. The van der Waals surface area contributed by atoms with Gasteiger partial charge in [-0.2, -0.15) is 18.3 Å². The van der Waals surface area contributed by atoms with Gasteiger partial charge in [0.25, 0.3) is 0 Å². The molecule has 0 atom stereocenters. The van der Waals surface area contributed by atoms with Crippen molar-refractivity contribution in [2.75, 3.05) is 0 Å². The number of rotatable bonds is 2. The van der Waals surface area contributed by atoms with Crippen molar-refractivity contribution in [1.29, 1.82) is 0 Å². The Hall–Kier alpha value is -2.51. The second-order valence-corrected chi connectivity index (χ2v) is 4.05. The van der Waals surface area contributed by atoms with Crippen LogP contribution in [0.4, 0.5) is 13.2 Å². The molecule has 1 heterocycles. The Labute approximate surface area is 110 Å². The molecule has 1 aromatic carbocycles. The van der Waals surface area contributed by atoms with Gasteiger partial charge in [0.2, 0.25) is 0 Å². The third kappa shape index (κ3) is 2.31. The largest absolute Gasteiger partial charge is 0.504 e. The van der Waals surface area contributed by atoms with Crippen molar-refractivity contribution in [2.24, 2.45) is 7.05 Å². The van der Waals surface area contributed by atoms with E-state index in [0.717, 1.165) is 22.9 Å². The fraction of sp³-hybridized carbons (Fsp3) is 0.167. The summed E-state index contributed by atoms with van der Waals surface area (Å²) >= 11 is 0. The maximum atomic E-state index is 12.6. The molecule has 2 N–H and O–H groups in total. The molecular formula is C12H9F3N2O3. The first-order chi connectivity index (χ1) is 9.21. The molecule has 0 bridgehead atoms. The number of carboxylic acid groups (broad SMARTS) is 1. The molecule has 0 fully saturated rings. The van der Waals surface area contributed by atoms with Crippen molar-refractivity contribution >= 4 is 5.97 Å². The zero-order chi connectivity index (χ0) is 15.1. The van der Waals surface area contributed by atoms with Gasteiger partial charge in [0.05, 0.1) is 5.56 Å². The van der Waals surface area contributed by atoms with Crippen LogP contribution in [0, 0.1) is 0 Å². The Morgan fingerprint density at radius 1 is 1.35 bits per heavy atom. The lowest BCUT2D eigenvalue weighted by atomic mass is 10.1. The van der Waals surface area contributed by atoms with Gasteiger partial charge in [0.1, 0.15) is 5.69 Å². The van der Waals surface area contributed by atoms with E-state index in [4.69, 9.17) is 5.11 Å². The molecule has 8 heteroatoms. The van der Waals surface area contributed by atoms with Crippen LogP contribution in [0.5, 0.6) is 5.75 Å². The molecule has 2 rings (SSSR count). The molecule has 106 valence electrons. The number of carboxylic acids is 1. The summed E-state index contributed by atoms with van der Waals surface area (Å²) in [7, 11) is 1.28. The number of alkyl halides is 3. The van der Waals surface area contributed by atoms with Gasteiger partial charge < -0.3 is 10.2 Å². The van der Waals surface area contributed by atoms with Crippen LogP contribution in [0.1, 0.15) is 16.1 Å². The fourth-order valence-electron chi connectivity index (χ4n) is 1.79. The van der Waals surface area contributed by atoms with Crippen molar-refractivity contribution in [2.45, 2.75) is 6.18 Å². The maximum Gasteiger partial charge on any atom is 0.416 e. The molecule has 5 nitrogen and oxygen atoms in total. The Morgan fingerprint density at radius 2 is 2.00 bits per heavy atom. The first-order valence-corrected chi connectivity index (χ1v) is 5.38. The van der Waals surface area contributed by atoms with Crippen LogP contribution in [0.15, 0.2) is 24.3 Å². The SMILES string of the molecule is Cn1nc(-c2cccc(C(F)(F)F)c2)c(O)c1C(=O)O. The smallest absolute Gasteiger partial charge is 0.416 e. The molecule has 1 aromatic heterocycles. The van der Waals surface area contributed by atoms with Gasteiger partial charge in [-0.15, -0.1) is 0 Å². The fourth-order valence-corrected chi connectivity index (χ4v) is 1.79. The number of aromatic hydroxyl groups is 1. The molecule has 0 unspecified atom stereocenters. The highest BCUT2D eigenvalue weighted by Crippen LogP contribution is 2.35. The summed E-state index contributed by atoms with van der Waals surface area (Å²) < 4.78 is 38.7. The van der Waals surface area contributed by atoms with Crippen LogP contribution >= 0.6 is 0 Å². The second kappa shape index (κ2) is 4.55. The Kier molecular flexibility index (Phi) is 3.16. The van der Waals surface area contributed by atoms with E-state index in [0.29, 0.717) is 0 Å². The van der Waals surface area contributed by atoms with Gasteiger partial charge in [-0.25, -0.2) is 4.79 Å². The molecule has 0 aliphatic rings. The number of benzene rings is 1. The van der Waals surface area contributed by atoms with Gasteiger partial charge in [-0.3, -0.25) is 4.68 Å². The summed E-state index contributed by atoms with van der Waals surface area (Å²) in [6.45, 7) is 0. The number of halogens is 3. The Morgan fingerprint density at radius 3 is 2.50 bits per heavy atom. The van der Waals surface area contributed by atoms with E-state index >= 15 is 0 Å². The highest BCUT2D eigenvalue weighted by atomic mass is 19.4.